The molecule has 16 heteroatoms. The molecule has 0 aliphatic carbocycles. The summed E-state index contributed by atoms with van der Waals surface area (Å²) in [6.07, 6.45) is 0.0451. The SMILES string of the molecule is COC(=O)CC(C)Nc1cc(NC(C)=O)c(N=Nc2cc(SC#N)c([N+](=O)[O-])cc2[N+](=O)[O-])cc1OC. The molecular weight excluding hydrogens is 510 g/mol. The molecule has 0 aliphatic rings. The molecule has 0 aliphatic heterocycles. The first kappa shape index (κ1) is 28.5. The summed E-state index contributed by atoms with van der Waals surface area (Å²) in [5.74, 6) is -0.645. The van der Waals surface area contributed by atoms with E-state index in [1.54, 1.807) is 12.3 Å². The summed E-state index contributed by atoms with van der Waals surface area (Å²) in [4.78, 5) is 44.3. The molecule has 0 heterocycles. The smallest absolute Gasteiger partial charge is 0.307 e. The minimum Gasteiger partial charge on any atom is -0.495 e. The van der Waals surface area contributed by atoms with Crippen molar-refractivity contribution in [2.75, 3.05) is 24.9 Å². The van der Waals surface area contributed by atoms with Crippen molar-refractivity contribution in [1.29, 1.82) is 5.26 Å². The molecule has 0 spiro atoms. The number of rotatable bonds is 11. The van der Waals surface area contributed by atoms with Crippen LogP contribution in [-0.4, -0.2) is 42.0 Å². The highest BCUT2D eigenvalue weighted by Crippen LogP contribution is 2.42. The quantitative estimate of drug-likeness (QED) is 0.100. The Morgan fingerprint density at radius 2 is 1.73 bits per heavy atom. The van der Waals surface area contributed by atoms with Gasteiger partial charge in [-0.3, -0.25) is 29.8 Å². The number of methoxy groups -OCH3 is 2. The molecule has 0 aromatic heterocycles. The van der Waals surface area contributed by atoms with Crippen molar-refractivity contribution in [3.63, 3.8) is 0 Å². The van der Waals surface area contributed by atoms with Crippen LogP contribution in [0.3, 0.4) is 0 Å². The van der Waals surface area contributed by atoms with Crippen LogP contribution >= 0.6 is 11.8 Å². The van der Waals surface area contributed by atoms with Gasteiger partial charge in [-0.05, 0) is 30.8 Å². The number of nitrogens with one attached hydrogen (secondary N) is 2. The third kappa shape index (κ3) is 7.60. The van der Waals surface area contributed by atoms with Gasteiger partial charge in [0.1, 0.15) is 21.7 Å². The molecule has 2 aromatic rings. The highest BCUT2D eigenvalue weighted by molar-refractivity contribution is 8.03. The molecule has 0 radical (unpaired) electrons. The lowest BCUT2D eigenvalue weighted by molar-refractivity contribution is -0.395. The minimum absolute atomic E-state index is 0.0420. The van der Waals surface area contributed by atoms with Gasteiger partial charge >= 0.3 is 11.7 Å². The van der Waals surface area contributed by atoms with Crippen molar-refractivity contribution >= 4 is 57.8 Å². The topological polar surface area (TPSA) is 211 Å². The second kappa shape index (κ2) is 12.8. The van der Waals surface area contributed by atoms with Gasteiger partial charge < -0.3 is 20.1 Å². The molecule has 2 rings (SSSR count). The number of carbonyl (C=O) groups is 2. The second-order valence-corrected chi connectivity index (χ2v) is 8.12. The van der Waals surface area contributed by atoms with Crippen LogP contribution in [-0.2, 0) is 14.3 Å². The summed E-state index contributed by atoms with van der Waals surface area (Å²) in [6, 6.07) is 4.19. The van der Waals surface area contributed by atoms with E-state index < -0.39 is 33.1 Å². The van der Waals surface area contributed by atoms with Gasteiger partial charge in [-0.15, -0.1) is 10.2 Å². The monoisotopic (exact) mass is 531 g/mol. The van der Waals surface area contributed by atoms with Crippen LogP contribution in [0.1, 0.15) is 20.3 Å². The highest BCUT2D eigenvalue weighted by atomic mass is 32.2. The first-order chi connectivity index (χ1) is 17.5. The predicted octanol–water partition coefficient (Wildman–Crippen LogP) is 4.82. The van der Waals surface area contributed by atoms with Crippen molar-refractivity contribution in [2.45, 2.75) is 31.2 Å². The molecule has 0 bridgehead atoms. The van der Waals surface area contributed by atoms with Gasteiger partial charge in [0, 0.05) is 19.0 Å². The molecule has 1 atom stereocenters. The Labute approximate surface area is 214 Å². The number of carbonyl (C=O) groups excluding carboxylic acids is 2. The van der Waals surface area contributed by atoms with Crippen molar-refractivity contribution in [3.05, 3.63) is 44.5 Å². The lowest BCUT2D eigenvalue weighted by Gasteiger charge is -2.18. The number of benzene rings is 2. The van der Waals surface area contributed by atoms with Crippen molar-refractivity contribution in [3.8, 4) is 11.2 Å². The Hall–Kier alpha value is -4.78. The molecule has 2 aromatic carbocycles. The van der Waals surface area contributed by atoms with Crippen LogP contribution in [0.5, 0.6) is 5.75 Å². The van der Waals surface area contributed by atoms with Crippen molar-refractivity contribution < 1.29 is 28.9 Å². The largest absolute Gasteiger partial charge is 0.495 e. The summed E-state index contributed by atoms with van der Waals surface area (Å²) in [6.45, 7) is 2.98. The number of thioether (sulfide) groups is 1. The van der Waals surface area contributed by atoms with Gasteiger partial charge in [0.25, 0.3) is 5.69 Å². The van der Waals surface area contributed by atoms with Gasteiger partial charge in [0.05, 0.1) is 47.9 Å². The summed E-state index contributed by atoms with van der Waals surface area (Å²) in [5, 5.41) is 47.0. The van der Waals surface area contributed by atoms with Gasteiger partial charge in [-0.2, -0.15) is 5.26 Å². The maximum atomic E-state index is 11.8. The van der Waals surface area contributed by atoms with Crippen LogP contribution < -0.4 is 15.4 Å². The van der Waals surface area contributed by atoms with E-state index >= 15 is 0 Å². The number of hydrogen-bond donors (Lipinski definition) is 2. The fourth-order valence-corrected chi connectivity index (χ4v) is 3.53. The number of nitriles is 1. The number of anilines is 2. The predicted molar refractivity (Wildman–Crippen MR) is 132 cm³/mol. The lowest BCUT2D eigenvalue weighted by atomic mass is 10.1. The number of amides is 1. The van der Waals surface area contributed by atoms with Crippen molar-refractivity contribution in [1.82, 2.24) is 0 Å². The third-order valence-corrected chi connectivity index (χ3v) is 5.24. The zero-order valence-corrected chi connectivity index (χ0v) is 20.8. The van der Waals surface area contributed by atoms with E-state index in [1.165, 1.54) is 33.3 Å². The molecule has 1 unspecified atom stereocenters. The number of nitrogens with zero attached hydrogens (tertiary/aromatic N) is 5. The Balaban J connectivity index is 2.60. The molecule has 0 saturated carbocycles. The molecule has 15 nitrogen and oxygen atoms in total. The summed E-state index contributed by atoms with van der Waals surface area (Å²) in [5.41, 5.74) is -1.10. The first-order valence-corrected chi connectivity index (χ1v) is 11.1. The number of azo groups is 1. The Morgan fingerprint density at radius 1 is 1.08 bits per heavy atom. The average Bonchev–Trinajstić information content (AvgIpc) is 2.82. The van der Waals surface area contributed by atoms with Crippen LogP contribution in [0.25, 0.3) is 0 Å². The van der Waals surface area contributed by atoms with E-state index in [0.717, 1.165) is 6.07 Å². The van der Waals surface area contributed by atoms with E-state index in [0.29, 0.717) is 23.5 Å². The molecule has 1 amide bonds. The Bertz CT molecular complexity index is 1310. The number of nitro groups is 2. The lowest BCUT2D eigenvalue weighted by Crippen LogP contribution is -2.20. The van der Waals surface area contributed by atoms with Crippen molar-refractivity contribution in [2.24, 2.45) is 10.2 Å². The van der Waals surface area contributed by atoms with E-state index in [9.17, 15) is 29.8 Å². The maximum Gasteiger partial charge on any atom is 0.307 e. The zero-order chi connectivity index (χ0) is 27.7. The number of hydrogen-bond acceptors (Lipinski definition) is 13. The molecule has 0 fully saturated rings. The Morgan fingerprint density at radius 3 is 2.27 bits per heavy atom. The normalized spacial score (nSPS) is 11.3. The number of esters is 1. The second-order valence-electron chi connectivity index (χ2n) is 7.29. The third-order valence-electron chi connectivity index (χ3n) is 4.60. The average molecular weight is 532 g/mol. The fraction of sp³-hybridized carbons (Fsp3) is 0.286. The van der Waals surface area contributed by atoms with Gasteiger partial charge in [0.15, 0.2) is 5.69 Å². The maximum absolute atomic E-state index is 11.8. The molecule has 37 heavy (non-hydrogen) atoms. The van der Waals surface area contributed by atoms with E-state index in [4.69, 9.17) is 10.00 Å². The van der Waals surface area contributed by atoms with E-state index in [2.05, 4.69) is 25.6 Å². The minimum atomic E-state index is -0.868. The molecule has 0 saturated heterocycles. The van der Waals surface area contributed by atoms with E-state index in [-0.39, 0.29) is 40.2 Å². The van der Waals surface area contributed by atoms with Crippen LogP contribution in [0.15, 0.2) is 39.4 Å². The number of ether oxygens (including phenoxy) is 2. The van der Waals surface area contributed by atoms with Gasteiger partial charge in [-0.25, -0.2) is 0 Å². The summed E-state index contributed by atoms with van der Waals surface area (Å²) >= 11 is 0.439. The van der Waals surface area contributed by atoms with Gasteiger partial charge in [-0.1, -0.05) is 0 Å². The highest BCUT2D eigenvalue weighted by Gasteiger charge is 2.25. The van der Waals surface area contributed by atoms with Crippen LogP contribution in [0, 0.1) is 30.9 Å². The number of thiocyanates is 1. The number of nitro benzene ring substituents is 2. The summed E-state index contributed by atoms with van der Waals surface area (Å²) in [7, 11) is 2.64. The van der Waals surface area contributed by atoms with Gasteiger partial charge in [0.2, 0.25) is 5.91 Å². The molecule has 2 N–H and O–H groups in total. The molecular formula is C21H21N7O8S. The van der Waals surface area contributed by atoms with E-state index in [1.807, 2.05) is 0 Å². The fourth-order valence-electron chi connectivity index (χ4n) is 3.03. The standard InChI is InChI=1S/C21H21N7O8S/c1-11(5-21(30)36-4)23-16-6-13(24-12(2)29)14(7-19(16)35-3)25-26-15-8-20(37-10-22)18(28(33)34)9-17(15)27(31)32/h6-9,11,23H,5H2,1-4H3,(H,24,29). The molecule has 194 valence electrons. The van der Waals surface area contributed by atoms with Crippen LogP contribution in [0.4, 0.5) is 34.1 Å². The summed E-state index contributed by atoms with van der Waals surface area (Å²) < 4.78 is 10.0. The zero-order valence-electron chi connectivity index (χ0n) is 20.0. The first-order valence-electron chi connectivity index (χ1n) is 10.3. The van der Waals surface area contributed by atoms with Crippen LogP contribution in [0.2, 0.25) is 0 Å². The Kier molecular flexibility index (Phi) is 9.83.